The van der Waals surface area contributed by atoms with Crippen LogP contribution in [0.1, 0.15) is 43.1 Å². The molecule has 1 aromatic heterocycles. The second-order valence-corrected chi connectivity index (χ2v) is 4.79. The van der Waals surface area contributed by atoms with Crippen LogP contribution < -0.4 is 10.1 Å². The van der Waals surface area contributed by atoms with Gasteiger partial charge in [0.25, 0.3) is 5.91 Å². The van der Waals surface area contributed by atoms with Crippen LogP contribution >= 0.6 is 0 Å². The minimum Gasteiger partial charge on any atom is -0.481 e. The number of hydrogen-bond donors (Lipinski definition) is 1. The molecule has 0 aliphatic heterocycles. The molecule has 98 valence electrons. The Morgan fingerprint density at radius 1 is 1.39 bits per heavy atom. The Bertz CT molecular complexity index is 422. The topological polar surface area (TPSA) is 64.1 Å². The lowest BCUT2D eigenvalue weighted by atomic mass is 9.86. The van der Waals surface area contributed by atoms with Crippen molar-refractivity contribution in [3.8, 4) is 5.88 Å². The number of carbonyl (C=O) groups is 1. The first-order valence-corrected chi connectivity index (χ1v) is 6.37. The summed E-state index contributed by atoms with van der Waals surface area (Å²) in [4.78, 5) is 19.9. The number of methoxy groups -OCH3 is 1. The lowest BCUT2D eigenvalue weighted by Crippen LogP contribution is -2.41. The molecule has 1 fully saturated rings. The zero-order valence-corrected chi connectivity index (χ0v) is 10.8. The average molecular weight is 249 g/mol. The monoisotopic (exact) mass is 249 g/mol. The fraction of sp³-hybridized carbons (Fsp3) is 0.615. The summed E-state index contributed by atoms with van der Waals surface area (Å²) < 4.78 is 4.99. The summed E-state index contributed by atoms with van der Waals surface area (Å²) in [6, 6.07) is 1.82. The van der Waals surface area contributed by atoms with Crippen molar-refractivity contribution in [1.82, 2.24) is 15.3 Å². The summed E-state index contributed by atoms with van der Waals surface area (Å²) in [7, 11) is 1.52. The molecule has 1 aliphatic carbocycles. The molecule has 1 aromatic rings. The molecule has 0 aromatic carbocycles. The van der Waals surface area contributed by atoms with E-state index in [4.69, 9.17) is 4.74 Å². The quantitative estimate of drug-likeness (QED) is 0.887. The molecule has 1 aliphatic rings. The van der Waals surface area contributed by atoms with Crippen LogP contribution in [-0.4, -0.2) is 29.0 Å². The SMILES string of the molecule is COc1cc(C(=O)N[C@@H]2CCCC[C@H]2C)ncn1. The number of amides is 1. The maximum absolute atomic E-state index is 12.1. The van der Waals surface area contributed by atoms with Gasteiger partial charge in [0.05, 0.1) is 7.11 Å². The van der Waals surface area contributed by atoms with Crippen LogP contribution in [0.3, 0.4) is 0 Å². The third-order valence-corrected chi connectivity index (χ3v) is 3.51. The van der Waals surface area contributed by atoms with E-state index in [-0.39, 0.29) is 11.9 Å². The van der Waals surface area contributed by atoms with Crippen molar-refractivity contribution in [2.24, 2.45) is 5.92 Å². The zero-order valence-electron chi connectivity index (χ0n) is 10.8. The van der Waals surface area contributed by atoms with Gasteiger partial charge < -0.3 is 10.1 Å². The van der Waals surface area contributed by atoms with Crippen molar-refractivity contribution < 1.29 is 9.53 Å². The lowest BCUT2D eigenvalue weighted by Gasteiger charge is -2.29. The van der Waals surface area contributed by atoms with E-state index in [1.165, 1.54) is 32.7 Å². The van der Waals surface area contributed by atoms with Gasteiger partial charge >= 0.3 is 0 Å². The van der Waals surface area contributed by atoms with Gasteiger partial charge in [-0.3, -0.25) is 4.79 Å². The molecule has 5 nitrogen and oxygen atoms in total. The second-order valence-electron chi connectivity index (χ2n) is 4.79. The summed E-state index contributed by atoms with van der Waals surface area (Å²) in [5.41, 5.74) is 0.361. The molecule has 1 amide bonds. The molecular weight excluding hydrogens is 230 g/mol. The Labute approximate surface area is 107 Å². The summed E-state index contributed by atoms with van der Waals surface area (Å²) in [6.45, 7) is 2.19. The van der Waals surface area contributed by atoms with Crippen LogP contribution in [-0.2, 0) is 0 Å². The number of ether oxygens (including phenoxy) is 1. The number of aromatic nitrogens is 2. The van der Waals surface area contributed by atoms with E-state index in [2.05, 4.69) is 22.2 Å². The van der Waals surface area contributed by atoms with E-state index in [1.807, 2.05) is 0 Å². The van der Waals surface area contributed by atoms with Gasteiger partial charge in [0, 0.05) is 12.1 Å². The molecule has 0 spiro atoms. The van der Waals surface area contributed by atoms with Gasteiger partial charge in [-0.1, -0.05) is 19.8 Å². The normalized spacial score (nSPS) is 23.4. The Balaban J connectivity index is 2.02. The van der Waals surface area contributed by atoms with E-state index in [0.29, 0.717) is 17.5 Å². The number of rotatable bonds is 3. The molecular formula is C13H19N3O2. The summed E-state index contributed by atoms with van der Waals surface area (Å²) >= 11 is 0. The molecule has 18 heavy (non-hydrogen) atoms. The predicted molar refractivity (Wildman–Crippen MR) is 67.5 cm³/mol. The van der Waals surface area contributed by atoms with Crippen LogP contribution in [0.4, 0.5) is 0 Å². The summed E-state index contributed by atoms with van der Waals surface area (Å²) in [6.07, 6.45) is 6.02. The molecule has 2 rings (SSSR count). The van der Waals surface area contributed by atoms with Gasteiger partial charge in [-0.05, 0) is 18.8 Å². The van der Waals surface area contributed by atoms with Crippen LogP contribution in [0.25, 0.3) is 0 Å². The van der Waals surface area contributed by atoms with Gasteiger partial charge in [0.2, 0.25) is 5.88 Å². The molecule has 1 heterocycles. The highest BCUT2D eigenvalue weighted by atomic mass is 16.5. The van der Waals surface area contributed by atoms with Gasteiger partial charge in [0.15, 0.2) is 0 Å². The fourth-order valence-corrected chi connectivity index (χ4v) is 2.35. The summed E-state index contributed by atoms with van der Waals surface area (Å²) in [5, 5.41) is 3.05. The van der Waals surface area contributed by atoms with Crippen LogP contribution in [0.15, 0.2) is 12.4 Å². The smallest absolute Gasteiger partial charge is 0.270 e. The molecule has 0 radical (unpaired) electrons. The van der Waals surface area contributed by atoms with Gasteiger partial charge in [-0.2, -0.15) is 0 Å². The lowest BCUT2D eigenvalue weighted by molar-refractivity contribution is 0.0904. The third-order valence-electron chi connectivity index (χ3n) is 3.51. The molecule has 2 atom stereocenters. The molecule has 1 N–H and O–H groups in total. The van der Waals surface area contributed by atoms with Crippen LogP contribution in [0.5, 0.6) is 5.88 Å². The number of hydrogen-bond acceptors (Lipinski definition) is 4. The Morgan fingerprint density at radius 2 is 2.17 bits per heavy atom. The maximum Gasteiger partial charge on any atom is 0.270 e. The van der Waals surface area contributed by atoms with Gasteiger partial charge in [-0.25, -0.2) is 9.97 Å². The van der Waals surface area contributed by atoms with E-state index >= 15 is 0 Å². The molecule has 5 heteroatoms. The first-order chi connectivity index (χ1) is 8.70. The van der Waals surface area contributed by atoms with Crippen molar-refractivity contribution >= 4 is 5.91 Å². The van der Waals surface area contributed by atoms with Crippen molar-refractivity contribution in [1.29, 1.82) is 0 Å². The van der Waals surface area contributed by atoms with E-state index in [9.17, 15) is 4.79 Å². The van der Waals surface area contributed by atoms with Crippen molar-refractivity contribution in [3.63, 3.8) is 0 Å². The molecule has 0 saturated heterocycles. The minimum atomic E-state index is -0.144. The third kappa shape index (κ3) is 2.97. The average Bonchev–Trinajstić information content (AvgIpc) is 2.41. The Hall–Kier alpha value is -1.65. The predicted octanol–water partition coefficient (Wildman–Crippen LogP) is 1.79. The summed E-state index contributed by atoms with van der Waals surface area (Å²) in [5.74, 6) is 0.799. The highest BCUT2D eigenvalue weighted by molar-refractivity contribution is 5.92. The van der Waals surface area contributed by atoms with E-state index < -0.39 is 0 Å². The second kappa shape index (κ2) is 5.80. The van der Waals surface area contributed by atoms with E-state index in [1.54, 1.807) is 6.07 Å². The molecule has 1 saturated carbocycles. The van der Waals surface area contributed by atoms with E-state index in [0.717, 1.165) is 6.42 Å². The maximum atomic E-state index is 12.1. The Morgan fingerprint density at radius 3 is 2.89 bits per heavy atom. The van der Waals surface area contributed by atoms with Crippen LogP contribution in [0.2, 0.25) is 0 Å². The first-order valence-electron chi connectivity index (χ1n) is 6.37. The fourth-order valence-electron chi connectivity index (χ4n) is 2.35. The first kappa shape index (κ1) is 12.8. The molecule has 0 unspecified atom stereocenters. The standard InChI is InChI=1S/C13H19N3O2/c1-9-5-3-4-6-10(9)16-13(17)11-7-12(18-2)15-8-14-11/h7-10H,3-6H2,1-2H3,(H,16,17)/t9-,10-/m1/s1. The van der Waals surface area contributed by atoms with Gasteiger partial charge in [0.1, 0.15) is 12.0 Å². The highest BCUT2D eigenvalue weighted by Crippen LogP contribution is 2.23. The van der Waals surface area contributed by atoms with Crippen molar-refractivity contribution in [2.45, 2.75) is 38.6 Å². The minimum absolute atomic E-state index is 0.144. The largest absolute Gasteiger partial charge is 0.481 e. The Kier molecular flexibility index (Phi) is 4.12. The number of carbonyl (C=O) groups excluding carboxylic acids is 1. The molecule has 0 bridgehead atoms. The van der Waals surface area contributed by atoms with Crippen molar-refractivity contribution in [2.75, 3.05) is 7.11 Å². The highest BCUT2D eigenvalue weighted by Gasteiger charge is 2.23. The van der Waals surface area contributed by atoms with Gasteiger partial charge in [-0.15, -0.1) is 0 Å². The number of nitrogens with one attached hydrogen (secondary N) is 1. The number of nitrogens with zero attached hydrogens (tertiary/aromatic N) is 2. The zero-order chi connectivity index (χ0) is 13.0. The van der Waals surface area contributed by atoms with Crippen molar-refractivity contribution in [3.05, 3.63) is 18.1 Å². The van der Waals surface area contributed by atoms with Crippen LogP contribution in [0, 0.1) is 5.92 Å².